The molecule has 0 radical (unpaired) electrons. The van der Waals surface area contributed by atoms with Gasteiger partial charge in [0.15, 0.2) is 6.61 Å². The minimum atomic E-state index is -0.497. The van der Waals surface area contributed by atoms with Gasteiger partial charge >= 0.3 is 5.97 Å². The maximum atomic E-state index is 12.3. The Balaban J connectivity index is 1.88. The second kappa shape index (κ2) is 10.0. The van der Waals surface area contributed by atoms with Crippen LogP contribution in [0.3, 0.4) is 0 Å². The summed E-state index contributed by atoms with van der Waals surface area (Å²) < 4.78 is 5.10. The third kappa shape index (κ3) is 5.42. The molecule has 0 aliphatic heterocycles. The largest absolute Gasteiger partial charge is 0.451 e. The molecule has 1 aromatic carbocycles. The van der Waals surface area contributed by atoms with Crippen LogP contribution in [0.1, 0.15) is 51.2 Å². The number of esters is 1. The topological polar surface area (TPSA) is 75.7 Å². The zero-order chi connectivity index (χ0) is 20.7. The minimum Gasteiger partial charge on any atom is -0.451 e. The summed E-state index contributed by atoms with van der Waals surface area (Å²) in [7, 11) is 0. The van der Waals surface area contributed by atoms with E-state index in [1.807, 2.05) is 27.7 Å². The van der Waals surface area contributed by atoms with Gasteiger partial charge in [0, 0.05) is 29.2 Å². The molecule has 0 atom stereocenters. The van der Waals surface area contributed by atoms with Gasteiger partial charge in [0.25, 0.3) is 11.8 Å². The molecule has 0 saturated heterocycles. The Labute approximate surface area is 169 Å². The van der Waals surface area contributed by atoms with Crippen LogP contribution in [0.25, 0.3) is 0 Å². The number of rotatable bonds is 8. The molecule has 0 saturated carbocycles. The SMILES string of the molecule is CCc1sc(C(=O)OCC(=O)Nc2ccc(C(=O)N(CC)CC)cc2)cc1C. The molecule has 7 heteroatoms. The van der Waals surface area contributed by atoms with E-state index in [1.54, 1.807) is 35.2 Å². The van der Waals surface area contributed by atoms with Gasteiger partial charge in [-0.05, 0) is 63.1 Å². The van der Waals surface area contributed by atoms with Crippen molar-refractivity contribution in [3.8, 4) is 0 Å². The van der Waals surface area contributed by atoms with E-state index >= 15 is 0 Å². The zero-order valence-corrected chi connectivity index (χ0v) is 17.5. The summed E-state index contributed by atoms with van der Waals surface area (Å²) in [6.45, 7) is 8.76. The fourth-order valence-electron chi connectivity index (χ4n) is 2.76. The predicted octanol–water partition coefficient (Wildman–Crippen LogP) is 3.90. The van der Waals surface area contributed by atoms with Crippen molar-refractivity contribution in [3.63, 3.8) is 0 Å². The molecule has 1 aromatic heterocycles. The standard InChI is InChI=1S/C21H26N2O4S/c1-5-17-14(4)12-18(28-17)21(26)27-13-19(24)22-16-10-8-15(9-11-16)20(25)23(6-2)7-3/h8-12H,5-7,13H2,1-4H3,(H,22,24). The number of nitrogens with one attached hydrogen (secondary N) is 1. The van der Waals surface area contributed by atoms with Crippen molar-refractivity contribution in [2.45, 2.75) is 34.1 Å². The molecular weight excluding hydrogens is 376 g/mol. The summed E-state index contributed by atoms with van der Waals surface area (Å²) in [4.78, 5) is 39.8. The van der Waals surface area contributed by atoms with E-state index in [2.05, 4.69) is 5.32 Å². The monoisotopic (exact) mass is 402 g/mol. The van der Waals surface area contributed by atoms with E-state index in [9.17, 15) is 14.4 Å². The molecule has 0 fully saturated rings. The normalized spacial score (nSPS) is 10.4. The average molecular weight is 403 g/mol. The lowest BCUT2D eigenvalue weighted by Gasteiger charge is -2.18. The molecule has 0 bridgehead atoms. The van der Waals surface area contributed by atoms with E-state index < -0.39 is 11.9 Å². The van der Waals surface area contributed by atoms with Crippen molar-refractivity contribution in [2.75, 3.05) is 25.0 Å². The number of carbonyl (C=O) groups is 3. The van der Waals surface area contributed by atoms with E-state index in [0.717, 1.165) is 16.9 Å². The molecule has 2 aromatic rings. The summed E-state index contributed by atoms with van der Waals surface area (Å²) in [6, 6.07) is 8.44. The fourth-order valence-corrected chi connectivity index (χ4v) is 3.77. The third-order valence-electron chi connectivity index (χ3n) is 4.34. The molecule has 0 spiro atoms. The Kier molecular flexibility index (Phi) is 7.75. The maximum Gasteiger partial charge on any atom is 0.348 e. The molecule has 150 valence electrons. The highest BCUT2D eigenvalue weighted by molar-refractivity contribution is 7.14. The lowest BCUT2D eigenvalue weighted by atomic mass is 10.2. The summed E-state index contributed by atoms with van der Waals surface area (Å²) in [6.07, 6.45) is 0.858. The Morgan fingerprint density at radius 3 is 2.25 bits per heavy atom. The third-order valence-corrected chi connectivity index (χ3v) is 5.70. The van der Waals surface area contributed by atoms with Crippen molar-refractivity contribution >= 4 is 34.8 Å². The molecule has 6 nitrogen and oxygen atoms in total. The Hall–Kier alpha value is -2.67. The zero-order valence-electron chi connectivity index (χ0n) is 16.7. The molecule has 2 rings (SSSR count). The summed E-state index contributed by atoms with van der Waals surface area (Å²) >= 11 is 1.39. The second-order valence-electron chi connectivity index (χ2n) is 6.25. The van der Waals surface area contributed by atoms with Crippen molar-refractivity contribution in [1.29, 1.82) is 0 Å². The van der Waals surface area contributed by atoms with Crippen molar-refractivity contribution in [2.24, 2.45) is 0 Å². The van der Waals surface area contributed by atoms with E-state index in [4.69, 9.17) is 4.74 Å². The van der Waals surface area contributed by atoms with Crippen LogP contribution >= 0.6 is 11.3 Å². The van der Waals surface area contributed by atoms with Crippen molar-refractivity contribution in [3.05, 3.63) is 51.2 Å². The molecule has 28 heavy (non-hydrogen) atoms. The first-order chi connectivity index (χ1) is 13.4. The Morgan fingerprint density at radius 1 is 1.07 bits per heavy atom. The maximum absolute atomic E-state index is 12.3. The lowest BCUT2D eigenvalue weighted by Crippen LogP contribution is -2.30. The fraction of sp³-hybridized carbons (Fsp3) is 0.381. The number of aryl methyl sites for hydroxylation is 2. The van der Waals surface area contributed by atoms with Crippen LogP contribution in [0.2, 0.25) is 0 Å². The highest BCUT2D eigenvalue weighted by atomic mass is 32.1. The molecular formula is C21H26N2O4S. The van der Waals surface area contributed by atoms with Crippen LogP contribution in [-0.2, 0) is 16.0 Å². The van der Waals surface area contributed by atoms with Gasteiger partial charge in [-0.2, -0.15) is 0 Å². The summed E-state index contributed by atoms with van der Waals surface area (Å²) in [5.41, 5.74) is 2.16. The van der Waals surface area contributed by atoms with Gasteiger partial charge in [0.05, 0.1) is 0 Å². The molecule has 2 amide bonds. The second-order valence-corrected chi connectivity index (χ2v) is 7.39. The van der Waals surface area contributed by atoms with Crippen molar-refractivity contribution in [1.82, 2.24) is 4.90 Å². The number of benzene rings is 1. The molecule has 1 N–H and O–H groups in total. The Bertz CT molecular complexity index is 839. The quantitative estimate of drug-likeness (QED) is 0.680. The van der Waals surface area contributed by atoms with Crippen molar-refractivity contribution < 1.29 is 19.1 Å². The lowest BCUT2D eigenvalue weighted by molar-refractivity contribution is -0.119. The van der Waals surface area contributed by atoms with Gasteiger partial charge in [-0.1, -0.05) is 6.92 Å². The van der Waals surface area contributed by atoms with E-state index in [0.29, 0.717) is 29.2 Å². The summed E-state index contributed by atoms with van der Waals surface area (Å²) in [5, 5.41) is 2.66. The Morgan fingerprint density at radius 2 is 1.71 bits per heavy atom. The number of hydrogen-bond acceptors (Lipinski definition) is 5. The van der Waals surface area contributed by atoms with Gasteiger partial charge in [0.2, 0.25) is 0 Å². The van der Waals surface area contributed by atoms with Crippen LogP contribution in [0, 0.1) is 6.92 Å². The highest BCUT2D eigenvalue weighted by Crippen LogP contribution is 2.23. The minimum absolute atomic E-state index is 0.0468. The highest BCUT2D eigenvalue weighted by Gasteiger charge is 2.15. The van der Waals surface area contributed by atoms with Gasteiger partial charge in [-0.3, -0.25) is 9.59 Å². The van der Waals surface area contributed by atoms with Gasteiger partial charge in [-0.15, -0.1) is 11.3 Å². The van der Waals surface area contributed by atoms with Crippen LogP contribution in [0.5, 0.6) is 0 Å². The number of anilines is 1. The number of thiophene rings is 1. The van der Waals surface area contributed by atoms with E-state index in [-0.39, 0.29) is 12.5 Å². The summed E-state index contributed by atoms with van der Waals surface area (Å²) in [5.74, 6) is -0.974. The van der Waals surface area contributed by atoms with Crippen LogP contribution in [0.4, 0.5) is 5.69 Å². The van der Waals surface area contributed by atoms with Crippen LogP contribution in [0.15, 0.2) is 30.3 Å². The molecule has 0 unspecified atom stereocenters. The number of carbonyl (C=O) groups excluding carboxylic acids is 3. The molecule has 1 heterocycles. The van der Waals surface area contributed by atoms with Crippen LogP contribution in [-0.4, -0.2) is 42.4 Å². The predicted molar refractivity (Wildman–Crippen MR) is 111 cm³/mol. The van der Waals surface area contributed by atoms with E-state index in [1.165, 1.54) is 11.3 Å². The average Bonchev–Trinajstić information content (AvgIpc) is 3.08. The number of amides is 2. The van der Waals surface area contributed by atoms with Gasteiger partial charge in [0.1, 0.15) is 4.88 Å². The smallest absolute Gasteiger partial charge is 0.348 e. The number of hydrogen-bond donors (Lipinski definition) is 1. The number of nitrogens with zero attached hydrogens (tertiary/aromatic N) is 1. The first-order valence-corrected chi connectivity index (χ1v) is 10.2. The van der Waals surface area contributed by atoms with Crippen LogP contribution < -0.4 is 5.32 Å². The first-order valence-electron chi connectivity index (χ1n) is 9.35. The number of ether oxygens (including phenoxy) is 1. The molecule has 0 aliphatic rings. The van der Waals surface area contributed by atoms with Gasteiger partial charge < -0.3 is 15.0 Å². The van der Waals surface area contributed by atoms with Gasteiger partial charge in [-0.25, -0.2) is 4.79 Å². The molecule has 0 aliphatic carbocycles. The first kappa shape index (κ1) is 21.6.